The Morgan fingerprint density at radius 3 is 2.31 bits per heavy atom. The average Bonchev–Trinajstić information content (AvgIpc) is 2.70. The number of anilines is 1. The Morgan fingerprint density at radius 1 is 1.07 bits per heavy atom. The fraction of sp³-hybridized carbons (Fsp3) is 0.105. The Bertz CT molecular complexity index is 1080. The molecule has 0 unspecified atom stereocenters. The molecular weight excluding hydrogens is 416 g/mol. The number of nitrogens with one attached hydrogen (secondary N) is 1. The minimum atomic E-state index is -3.80. The number of hydrogen-bond acceptors (Lipinski definition) is 6. The molecule has 0 aliphatic heterocycles. The van der Waals surface area contributed by atoms with Gasteiger partial charge in [0.2, 0.25) is 15.9 Å². The molecule has 0 saturated heterocycles. The molecule has 0 fully saturated rings. The molecular formula is C19H17ClN4O4S. The first-order valence-electron chi connectivity index (χ1n) is 8.41. The molecule has 150 valence electrons. The monoisotopic (exact) mass is 432 g/mol. The maximum absolute atomic E-state index is 12.5. The Balaban J connectivity index is 1.59. The molecule has 1 amide bonds. The van der Waals surface area contributed by atoms with Gasteiger partial charge in [0.15, 0.2) is 0 Å². The fourth-order valence-electron chi connectivity index (χ4n) is 2.32. The zero-order valence-electron chi connectivity index (χ0n) is 15.3. The number of amides is 1. The van der Waals surface area contributed by atoms with Crippen molar-refractivity contribution in [1.29, 1.82) is 0 Å². The summed E-state index contributed by atoms with van der Waals surface area (Å²) in [7, 11) is -2.47. The molecule has 0 radical (unpaired) electrons. The van der Waals surface area contributed by atoms with Crippen molar-refractivity contribution in [3.8, 4) is 11.8 Å². The molecule has 0 spiro atoms. The van der Waals surface area contributed by atoms with Gasteiger partial charge < -0.3 is 10.1 Å². The predicted octanol–water partition coefficient (Wildman–Crippen LogP) is 3.18. The average molecular weight is 433 g/mol. The number of ether oxygens (including phenoxy) is 1. The van der Waals surface area contributed by atoms with Crippen LogP contribution in [0.15, 0.2) is 71.9 Å². The highest BCUT2D eigenvalue weighted by Crippen LogP contribution is 2.20. The molecule has 3 rings (SSSR count). The van der Waals surface area contributed by atoms with Gasteiger partial charge in [-0.15, -0.1) is 0 Å². The lowest BCUT2D eigenvalue weighted by Crippen LogP contribution is -2.34. The first kappa shape index (κ1) is 20.7. The second-order valence-corrected chi connectivity index (χ2v) is 8.40. The van der Waals surface area contributed by atoms with Crippen LogP contribution in [0.2, 0.25) is 5.02 Å². The molecule has 3 aromatic rings. The van der Waals surface area contributed by atoms with E-state index in [9.17, 15) is 13.2 Å². The van der Waals surface area contributed by atoms with Crippen molar-refractivity contribution >= 4 is 33.2 Å². The van der Waals surface area contributed by atoms with Crippen molar-refractivity contribution in [2.45, 2.75) is 4.90 Å². The van der Waals surface area contributed by atoms with E-state index in [-0.39, 0.29) is 17.5 Å². The number of halogens is 1. The molecule has 0 saturated carbocycles. The topological polar surface area (TPSA) is 101 Å². The highest BCUT2D eigenvalue weighted by molar-refractivity contribution is 7.89. The fourth-order valence-corrected chi connectivity index (χ4v) is 3.58. The van der Waals surface area contributed by atoms with E-state index in [1.54, 1.807) is 42.7 Å². The Hall–Kier alpha value is -3.01. The van der Waals surface area contributed by atoms with Crippen LogP contribution in [-0.4, -0.2) is 42.2 Å². The van der Waals surface area contributed by atoms with Gasteiger partial charge in [0.05, 0.1) is 11.4 Å². The van der Waals surface area contributed by atoms with E-state index < -0.39 is 15.9 Å². The maximum Gasteiger partial charge on any atom is 0.321 e. The van der Waals surface area contributed by atoms with Gasteiger partial charge in [-0.1, -0.05) is 11.6 Å². The second-order valence-electron chi connectivity index (χ2n) is 5.92. The molecule has 29 heavy (non-hydrogen) atoms. The number of carbonyl (C=O) groups excluding carboxylic acids is 1. The van der Waals surface area contributed by atoms with Crippen LogP contribution in [0.25, 0.3) is 0 Å². The summed E-state index contributed by atoms with van der Waals surface area (Å²) in [4.78, 5) is 20.2. The van der Waals surface area contributed by atoms with Crippen LogP contribution in [0.1, 0.15) is 0 Å². The molecule has 0 aliphatic carbocycles. The highest BCUT2D eigenvalue weighted by atomic mass is 35.5. The molecule has 2 aromatic carbocycles. The standard InChI is InChI=1S/C19H17ClN4O4S/c1-24(29(26,27)17-9-3-14(20)4-10-17)13-18(25)23-15-5-7-16(8-6-15)28-19-21-11-2-12-22-19/h2-12H,13H2,1H3,(H,23,25). The highest BCUT2D eigenvalue weighted by Gasteiger charge is 2.22. The molecule has 1 heterocycles. The van der Waals surface area contributed by atoms with Crippen LogP contribution in [0.3, 0.4) is 0 Å². The summed E-state index contributed by atoms with van der Waals surface area (Å²) < 4.78 is 31.5. The van der Waals surface area contributed by atoms with Gasteiger partial charge in [-0.3, -0.25) is 4.79 Å². The van der Waals surface area contributed by atoms with E-state index in [2.05, 4.69) is 15.3 Å². The minimum absolute atomic E-state index is 0.0573. The zero-order chi connectivity index (χ0) is 20.9. The lowest BCUT2D eigenvalue weighted by Gasteiger charge is -2.17. The van der Waals surface area contributed by atoms with Crippen molar-refractivity contribution in [3.63, 3.8) is 0 Å². The van der Waals surface area contributed by atoms with Gasteiger partial charge in [0, 0.05) is 30.2 Å². The summed E-state index contributed by atoms with van der Waals surface area (Å²) >= 11 is 5.78. The van der Waals surface area contributed by atoms with Crippen LogP contribution in [0.5, 0.6) is 11.8 Å². The largest absolute Gasteiger partial charge is 0.424 e. The van der Waals surface area contributed by atoms with E-state index >= 15 is 0 Å². The number of aromatic nitrogens is 2. The Kier molecular flexibility index (Phi) is 6.42. The second kappa shape index (κ2) is 8.99. The quantitative estimate of drug-likeness (QED) is 0.615. The summed E-state index contributed by atoms with van der Waals surface area (Å²) in [6.45, 7) is -0.346. The first-order chi connectivity index (χ1) is 13.8. The Labute approximate surface area is 173 Å². The molecule has 1 aromatic heterocycles. The molecule has 0 atom stereocenters. The third-order valence-corrected chi connectivity index (χ3v) is 5.85. The van der Waals surface area contributed by atoms with Gasteiger partial charge >= 0.3 is 6.01 Å². The van der Waals surface area contributed by atoms with E-state index in [0.29, 0.717) is 16.5 Å². The molecule has 1 N–H and O–H groups in total. The van der Waals surface area contributed by atoms with Crippen LogP contribution in [0.4, 0.5) is 5.69 Å². The van der Waals surface area contributed by atoms with E-state index in [0.717, 1.165) is 4.31 Å². The summed E-state index contributed by atoms with van der Waals surface area (Å²) in [5.41, 5.74) is 0.494. The molecule has 10 heteroatoms. The first-order valence-corrected chi connectivity index (χ1v) is 10.2. The van der Waals surface area contributed by atoms with Gasteiger partial charge in [-0.25, -0.2) is 18.4 Å². The summed E-state index contributed by atoms with van der Waals surface area (Å²) in [5.74, 6) is 0.0155. The van der Waals surface area contributed by atoms with Crippen LogP contribution in [0, 0.1) is 0 Å². The maximum atomic E-state index is 12.5. The van der Waals surface area contributed by atoms with Crippen LogP contribution in [-0.2, 0) is 14.8 Å². The lowest BCUT2D eigenvalue weighted by atomic mass is 10.3. The van der Waals surface area contributed by atoms with Crippen LogP contribution < -0.4 is 10.1 Å². The number of hydrogen-bond donors (Lipinski definition) is 1. The lowest BCUT2D eigenvalue weighted by molar-refractivity contribution is -0.116. The number of nitrogens with zero attached hydrogens (tertiary/aromatic N) is 3. The molecule has 8 nitrogen and oxygen atoms in total. The van der Waals surface area contributed by atoms with Crippen molar-refractivity contribution in [2.24, 2.45) is 0 Å². The van der Waals surface area contributed by atoms with Gasteiger partial charge in [-0.2, -0.15) is 4.31 Å². The van der Waals surface area contributed by atoms with Crippen LogP contribution >= 0.6 is 11.6 Å². The third kappa shape index (κ3) is 5.50. The van der Waals surface area contributed by atoms with Gasteiger partial charge in [0.1, 0.15) is 5.75 Å². The SMILES string of the molecule is CN(CC(=O)Nc1ccc(Oc2ncccn2)cc1)S(=O)(=O)c1ccc(Cl)cc1. The van der Waals surface area contributed by atoms with Crippen molar-refractivity contribution in [2.75, 3.05) is 18.9 Å². The minimum Gasteiger partial charge on any atom is -0.424 e. The molecule has 0 aliphatic rings. The summed E-state index contributed by atoms with van der Waals surface area (Å²) in [5, 5.41) is 3.07. The summed E-state index contributed by atoms with van der Waals surface area (Å²) in [6.07, 6.45) is 3.12. The number of carbonyl (C=O) groups is 1. The smallest absolute Gasteiger partial charge is 0.321 e. The Morgan fingerprint density at radius 2 is 1.69 bits per heavy atom. The number of benzene rings is 2. The van der Waals surface area contributed by atoms with E-state index in [4.69, 9.17) is 16.3 Å². The van der Waals surface area contributed by atoms with E-state index in [1.807, 2.05) is 0 Å². The summed E-state index contributed by atoms with van der Waals surface area (Å²) in [6, 6.07) is 14.2. The third-order valence-electron chi connectivity index (χ3n) is 3.78. The predicted molar refractivity (Wildman–Crippen MR) is 108 cm³/mol. The van der Waals surface area contributed by atoms with Gasteiger partial charge in [0.25, 0.3) is 0 Å². The number of sulfonamides is 1. The van der Waals surface area contributed by atoms with Crippen molar-refractivity contribution in [1.82, 2.24) is 14.3 Å². The number of likely N-dealkylation sites (N-methyl/N-ethyl adjacent to an activating group) is 1. The van der Waals surface area contributed by atoms with Crippen molar-refractivity contribution in [3.05, 3.63) is 72.0 Å². The van der Waals surface area contributed by atoms with Gasteiger partial charge in [-0.05, 0) is 54.6 Å². The van der Waals surface area contributed by atoms with Crippen molar-refractivity contribution < 1.29 is 17.9 Å². The normalized spacial score (nSPS) is 11.3. The zero-order valence-corrected chi connectivity index (χ0v) is 16.9. The molecule has 0 bridgehead atoms. The number of rotatable bonds is 7. The van der Waals surface area contributed by atoms with E-state index in [1.165, 1.54) is 31.3 Å².